The van der Waals surface area contributed by atoms with Crippen LogP contribution in [0.5, 0.6) is 0 Å². The van der Waals surface area contributed by atoms with Gasteiger partial charge in [0.25, 0.3) is 5.91 Å². The lowest BCUT2D eigenvalue weighted by Gasteiger charge is -2.27. The SMILES string of the molecule is CN(C)Cc1nn(C)c2c1CCN(C(=O)c1ccccn1)C2. The Hall–Kier alpha value is -2.21. The van der Waals surface area contributed by atoms with E-state index in [0.29, 0.717) is 18.8 Å². The molecule has 0 aromatic carbocycles. The van der Waals surface area contributed by atoms with Gasteiger partial charge < -0.3 is 9.80 Å². The molecule has 6 heteroatoms. The summed E-state index contributed by atoms with van der Waals surface area (Å²) in [5, 5.41) is 4.62. The highest BCUT2D eigenvalue weighted by Gasteiger charge is 2.27. The Labute approximate surface area is 130 Å². The largest absolute Gasteiger partial charge is 0.331 e. The topological polar surface area (TPSA) is 54.3 Å². The predicted molar refractivity (Wildman–Crippen MR) is 83.3 cm³/mol. The lowest BCUT2D eigenvalue weighted by Crippen LogP contribution is -2.37. The molecule has 3 rings (SSSR count). The van der Waals surface area contributed by atoms with Gasteiger partial charge in [0.15, 0.2) is 0 Å². The Balaban J connectivity index is 1.82. The normalized spacial score (nSPS) is 14.3. The molecule has 0 radical (unpaired) electrons. The van der Waals surface area contributed by atoms with E-state index in [1.54, 1.807) is 12.3 Å². The fourth-order valence-electron chi connectivity index (χ4n) is 2.91. The van der Waals surface area contributed by atoms with Crippen molar-refractivity contribution in [3.63, 3.8) is 0 Å². The van der Waals surface area contributed by atoms with E-state index in [0.717, 1.165) is 24.4 Å². The quantitative estimate of drug-likeness (QED) is 0.851. The zero-order chi connectivity index (χ0) is 15.7. The van der Waals surface area contributed by atoms with Gasteiger partial charge in [-0.25, -0.2) is 0 Å². The molecule has 2 aromatic heterocycles. The number of carbonyl (C=O) groups is 1. The van der Waals surface area contributed by atoms with Gasteiger partial charge in [-0.15, -0.1) is 0 Å². The molecule has 1 aliphatic heterocycles. The molecule has 0 unspecified atom stereocenters. The molecule has 0 aliphatic carbocycles. The molecule has 0 spiro atoms. The van der Waals surface area contributed by atoms with Crippen LogP contribution in [0.3, 0.4) is 0 Å². The number of pyridine rings is 1. The lowest BCUT2D eigenvalue weighted by atomic mass is 10.0. The minimum absolute atomic E-state index is 0.0124. The maximum Gasteiger partial charge on any atom is 0.272 e. The monoisotopic (exact) mass is 299 g/mol. The average molecular weight is 299 g/mol. The first-order chi connectivity index (χ1) is 10.6. The zero-order valence-electron chi connectivity index (χ0n) is 13.3. The number of rotatable bonds is 3. The fraction of sp³-hybridized carbons (Fsp3) is 0.438. The van der Waals surface area contributed by atoms with Gasteiger partial charge in [-0.05, 0) is 32.6 Å². The highest BCUT2D eigenvalue weighted by atomic mass is 16.2. The minimum Gasteiger partial charge on any atom is -0.331 e. The number of hydrogen-bond donors (Lipinski definition) is 0. The Morgan fingerprint density at radius 3 is 2.86 bits per heavy atom. The first kappa shape index (κ1) is 14.7. The van der Waals surface area contributed by atoms with Crippen molar-refractivity contribution in [2.75, 3.05) is 20.6 Å². The van der Waals surface area contributed by atoms with Crippen molar-refractivity contribution in [2.45, 2.75) is 19.5 Å². The molecular formula is C16H21N5O. The summed E-state index contributed by atoms with van der Waals surface area (Å²) in [6, 6.07) is 5.42. The summed E-state index contributed by atoms with van der Waals surface area (Å²) in [6.07, 6.45) is 2.51. The molecule has 1 amide bonds. The van der Waals surface area contributed by atoms with E-state index >= 15 is 0 Å². The molecule has 0 saturated heterocycles. The Kier molecular flexibility index (Phi) is 3.94. The van der Waals surface area contributed by atoms with E-state index in [2.05, 4.69) is 15.0 Å². The molecule has 0 bridgehead atoms. The maximum absolute atomic E-state index is 12.5. The van der Waals surface area contributed by atoms with Crippen LogP contribution < -0.4 is 0 Å². The average Bonchev–Trinajstić information content (AvgIpc) is 2.82. The summed E-state index contributed by atoms with van der Waals surface area (Å²) in [5.74, 6) is -0.0124. The van der Waals surface area contributed by atoms with Crippen LogP contribution in [0.1, 0.15) is 27.4 Å². The molecule has 0 fully saturated rings. The predicted octanol–water partition coefficient (Wildman–Crippen LogP) is 1.08. The van der Waals surface area contributed by atoms with E-state index < -0.39 is 0 Å². The van der Waals surface area contributed by atoms with Crippen LogP contribution in [0.4, 0.5) is 0 Å². The molecule has 116 valence electrons. The van der Waals surface area contributed by atoms with Crippen LogP contribution in [-0.2, 0) is 26.6 Å². The van der Waals surface area contributed by atoms with E-state index in [4.69, 9.17) is 0 Å². The number of hydrogen-bond acceptors (Lipinski definition) is 4. The van der Waals surface area contributed by atoms with Gasteiger partial charge in [0.05, 0.1) is 17.9 Å². The third kappa shape index (κ3) is 2.74. The van der Waals surface area contributed by atoms with Gasteiger partial charge in [-0.1, -0.05) is 6.07 Å². The van der Waals surface area contributed by atoms with E-state index in [1.165, 1.54) is 5.56 Å². The number of aryl methyl sites for hydroxylation is 1. The van der Waals surface area contributed by atoms with Crippen LogP contribution in [0.2, 0.25) is 0 Å². The van der Waals surface area contributed by atoms with Crippen molar-refractivity contribution in [3.05, 3.63) is 47.0 Å². The summed E-state index contributed by atoms with van der Waals surface area (Å²) in [4.78, 5) is 20.7. The molecule has 0 N–H and O–H groups in total. The maximum atomic E-state index is 12.5. The van der Waals surface area contributed by atoms with Crippen molar-refractivity contribution in [1.29, 1.82) is 0 Å². The highest BCUT2D eigenvalue weighted by Crippen LogP contribution is 2.23. The molecular weight excluding hydrogens is 278 g/mol. The van der Waals surface area contributed by atoms with Crippen molar-refractivity contribution in [3.8, 4) is 0 Å². The minimum atomic E-state index is -0.0124. The first-order valence-corrected chi connectivity index (χ1v) is 7.45. The summed E-state index contributed by atoms with van der Waals surface area (Å²) in [5.41, 5.74) is 4.04. The first-order valence-electron chi connectivity index (χ1n) is 7.45. The van der Waals surface area contributed by atoms with Crippen LogP contribution in [0, 0.1) is 0 Å². The van der Waals surface area contributed by atoms with Crippen LogP contribution in [0.25, 0.3) is 0 Å². The third-order valence-electron chi connectivity index (χ3n) is 3.97. The molecule has 0 saturated carbocycles. The smallest absolute Gasteiger partial charge is 0.272 e. The van der Waals surface area contributed by atoms with Crippen LogP contribution >= 0.6 is 0 Å². The van der Waals surface area contributed by atoms with E-state index in [9.17, 15) is 4.79 Å². The van der Waals surface area contributed by atoms with E-state index in [1.807, 2.05) is 42.9 Å². The number of amides is 1. The number of carbonyl (C=O) groups excluding carboxylic acids is 1. The summed E-state index contributed by atoms with van der Waals surface area (Å²) < 4.78 is 1.91. The molecule has 1 aliphatic rings. The second kappa shape index (κ2) is 5.88. The lowest BCUT2D eigenvalue weighted by molar-refractivity contribution is 0.0724. The van der Waals surface area contributed by atoms with Gasteiger partial charge in [0, 0.05) is 31.9 Å². The van der Waals surface area contributed by atoms with Crippen molar-refractivity contribution < 1.29 is 4.79 Å². The van der Waals surface area contributed by atoms with Gasteiger partial charge >= 0.3 is 0 Å². The fourth-order valence-corrected chi connectivity index (χ4v) is 2.91. The number of fused-ring (bicyclic) bond motifs is 1. The second-order valence-corrected chi connectivity index (χ2v) is 5.93. The molecule has 0 atom stereocenters. The van der Waals surface area contributed by atoms with E-state index in [-0.39, 0.29) is 5.91 Å². The van der Waals surface area contributed by atoms with Gasteiger partial charge in [-0.2, -0.15) is 5.10 Å². The van der Waals surface area contributed by atoms with Gasteiger partial charge in [-0.3, -0.25) is 14.5 Å². The number of nitrogens with zero attached hydrogens (tertiary/aromatic N) is 5. The van der Waals surface area contributed by atoms with Crippen molar-refractivity contribution in [2.24, 2.45) is 7.05 Å². The van der Waals surface area contributed by atoms with Gasteiger partial charge in [0.2, 0.25) is 0 Å². The highest BCUT2D eigenvalue weighted by molar-refractivity contribution is 5.92. The molecule has 2 aromatic rings. The van der Waals surface area contributed by atoms with Crippen LogP contribution in [0.15, 0.2) is 24.4 Å². The zero-order valence-corrected chi connectivity index (χ0v) is 13.3. The van der Waals surface area contributed by atoms with Gasteiger partial charge in [0.1, 0.15) is 5.69 Å². The summed E-state index contributed by atoms with van der Waals surface area (Å²) in [7, 11) is 6.04. The Bertz CT molecular complexity index is 677. The number of aromatic nitrogens is 3. The molecule has 22 heavy (non-hydrogen) atoms. The summed E-state index contributed by atoms with van der Waals surface area (Å²) in [6.45, 7) is 2.15. The third-order valence-corrected chi connectivity index (χ3v) is 3.97. The van der Waals surface area contributed by atoms with Crippen LogP contribution in [-0.4, -0.2) is 51.1 Å². The second-order valence-electron chi connectivity index (χ2n) is 5.93. The standard InChI is InChI=1S/C16H21N5O/c1-19(2)10-14-12-7-9-21(11-15(12)20(3)18-14)16(22)13-6-4-5-8-17-13/h4-6,8H,7,9-11H2,1-3H3. The van der Waals surface area contributed by atoms with Crippen molar-refractivity contribution >= 4 is 5.91 Å². The summed E-state index contributed by atoms with van der Waals surface area (Å²) >= 11 is 0. The Morgan fingerprint density at radius 2 is 2.18 bits per heavy atom. The molecule has 6 nitrogen and oxygen atoms in total. The van der Waals surface area contributed by atoms with Crippen molar-refractivity contribution in [1.82, 2.24) is 24.6 Å². The Morgan fingerprint density at radius 1 is 1.36 bits per heavy atom. The molecule has 3 heterocycles.